The van der Waals surface area contributed by atoms with Gasteiger partial charge in [0.2, 0.25) is 11.8 Å². The van der Waals surface area contributed by atoms with E-state index in [4.69, 9.17) is 4.74 Å². The molecule has 0 bridgehead atoms. The molecule has 0 radical (unpaired) electrons. The second kappa shape index (κ2) is 8.82. The van der Waals surface area contributed by atoms with Gasteiger partial charge in [0.15, 0.2) is 0 Å². The zero-order valence-corrected chi connectivity index (χ0v) is 16.9. The zero-order valence-electron chi connectivity index (χ0n) is 16.9. The van der Waals surface area contributed by atoms with Gasteiger partial charge in [0, 0.05) is 18.7 Å². The fourth-order valence-corrected chi connectivity index (χ4v) is 3.91. The minimum absolute atomic E-state index is 0.0463. The van der Waals surface area contributed by atoms with Crippen LogP contribution in [0.2, 0.25) is 0 Å². The lowest BCUT2D eigenvalue weighted by Gasteiger charge is -2.36. The number of amides is 2. The van der Waals surface area contributed by atoms with E-state index in [-0.39, 0.29) is 11.8 Å². The number of carbonyl (C=O) groups is 2. The van der Waals surface area contributed by atoms with Crippen molar-refractivity contribution >= 4 is 11.8 Å². The van der Waals surface area contributed by atoms with E-state index < -0.39 is 6.04 Å². The predicted octanol–water partition coefficient (Wildman–Crippen LogP) is 3.64. The Morgan fingerprint density at radius 2 is 1.70 bits per heavy atom. The van der Waals surface area contributed by atoms with Gasteiger partial charge < -0.3 is 15.0 Å². The molecule has 2 amide bonds. The lowest BCUT2D eigenvalue weighted by atomic mass is 9.91. The summed E-state index contributed by atoms with van der Waals surface area (Å²) in [5.74, 6) is 0.478. The highest BCUT2D eigenvalue weighted by Gasteiger charge is 2.36. The first-order chi connectivity index (χ1) is 14.7. The Hall–Kier alpha value is -3.60. The van der Waals surface area contributed by atoms with E-state index in [0.717, 1.165) is 28.0 Å². The summed E-state index contributed by atoms with van der Waals surface area (Å²) in [7, 11) is 1.61. The summed E-state index contributed by atoms with van der Waals surface area (Å²) in [4.78, 5) is 28.0. The number of nitrogens with one attached hydrogen (secondary N) is 1. The minimum Gasteiger partial charge on any atom is -0.496 e. The highest BCUT2D eigenvalue weighted by atomic mass is 16.5. The van der Waals surface area contributed by atoms with E-state index in [2.05, 4.69) is 5.32 Å². The average Bonchev–Trinajstić information content (AvgIpc) is 2.79. The van der Waals surface area contributed by atoms with Crippen LogP contribution in [0.4, 0.5) is 0 Å². The van der Waals surface area contributed by atoms with Crippen LogP contribution in [0.5, 0.6) is 5.75 Å². The number of methoxy groups -OCH3 is 1. The first kappa shape index (κ1) is 19.7. The highest BCUT2D eigenvalue weighted by Crippen LogP contribution is 2.32. The number of carbonyl (C=O) groups excluding carboxylic acids is 2. The van der Waals surface area contributed by atoms with Crippen LogP contribution in [0.15, 0.2) is 78.9 Å². The number of ether oxygens (including phenoxy) is 1. The summed E-state index contributed by atoms with van der Waals surface area (Å²) in [6.07, 6.45) is 0.305. The molecule has 3 aromatic carbocycles. The van der Waals surface area contributed by atoms with Gasteiger partial charge in [0.1, 0.15) is 11.8 Å². The first-order valence-electron chi connectivity index (χ1n) is 9.98. The fourth-order valence-electron chi connectivity index (χ4n) is 3.91. The Morgan fingerprint density at radius 1 is 1.00 bits per heavy atom. The molecule has 1 heterocycles. The minimum atomic E-state index is -0.669. The van der Waals surface area contributed by atoms with Crippen molar-refractivity contribution in [2.45, 2.75) is 25.6 Å². The second-order valence-corrected chi connectivity index (χ2v) is 7.32. The highest BCUT2D eigenvalue weighted by molar-refractivity contribution is 5.92. The summed E-state index contributed by atoms with van der Waals surface area (Å²) in [5.41, 5.74) is 3.67. The molecule has 0 aliphatic carbocycles. The number of fused-ring (bicyclic) bond motifs is 1. The third kappa shape index (κ3) is 4.06. The van der Waals surface area contributed by atoms with Gasteiger partial charge in [-0.1, -0.05) is 72.8 Å². The number of para-hydroxylation sites is 1. The molecule has 1 atom stereocenters. The molecule has 3 aromatic rings. The molecule has 4 rings (SSSR count). The Bertz CT molecular complexity index is 1050. The largest absolute Gasteiger partial charge is 0.496 e. The van der Waals surface area contributed by atoms with Gasteiger partial charge in [-0.15, -0.1) is 0 Å². The van der Waals surface area contributed by atoms with Crippen LogP contribution in [0.25, 0.3) is 0 Å². The second-order valence-electron chi connectivity index (χ2n) is 7.32. The fraction of sp³-hybridized carbons (Fsp3) is 0.200. The molecule has 0 unspecified atom stereocenters. The summed E-state index contributed by atoms with van der Waals surface area (Å²) in [6.45, 7) is 0.718. The summed E-state index contributed by atoms with van der Waals surface area (Å²) < 4.78 is 5.38. The summed E-state index contributed by atoms with van der Waals surface area (Å²) in [6, 6.07) is 24.3. The Balaban J connectivity index is 1.62. The molecular formula is C25H24N2O3. The van der Waals surface area contributed by atoms with E-state index in [1.165, 1.54) is 0 Å². The number of hydrogen-bond acceptors (Lipinski definition) is 3. The van der Waals surface area contributed by atoms with E-state index in [0.29, 0.717) is 19.5 Å². The SMILES string of the molecule is COc1ccccc1CNC(=O)[C@@H]1c2ccccc2CC(=O)N1Cc1ccccc1. The van der Waals surface area contributed by atoms with Crippen molar-refractivity contribution in [2.24, 2.45) is 0 Å². The van der Waals surface area contributed by atoms with Gasteiger partial charge in [-0.05, 0) is 22.8 Å². The lowest BCUT2D eigenvalue weighted by molar-refractivity contribution is -0.142. The molecular weight excluding hydrogens is 376 g/mol. The number of rotatable bonds is 6. The maximum atomic E-state index is 13.3. The summed E-state index contributed by atoms with van der Waals surface area (Å²) >= 11 is 0. The van der Waals surface area contributed by atoms with Crippen molar-refractivity contribution in [1.29, 1.82) is 0 Å². The third-order valence-electron chi connectivity index (χ3n) is 5.41. The van der Waals surface area contributed by atoms with Crippen LogP contribution >= 0.6 is 0 Å². The maximum Gasteiger partial charge on any atom is 0.247 e. The molecule has 1 aliphatic rings. The van der Waals surface area contributed by atoms with Gasteiger partial charge in [0.25, 0.3) is 0 Å². The van der Waals surface area contributed by atoms with Crippen LogP contribution in [0, 0.1) is 0 Å². The molecule has 0 fully saturated rings. The molecule has 152 valence electrons. The van der Waals surface area contributed by atoms with Crippen LogP contribution in [-0.4, -0.2) is 23.8 Å². The van der Waals surface area contributed by atoms with Crippen LogP contribution in [-0.2, 0) is 29.1 Å². The van der Waals surface area contributed by atoms with Crippen molar-refractivity contribution < 1.29 is 14.3 Å². The Kier molecular flexibility index (Phi) is 5.80. The Morgan fingerprint density at radius 3 is 2.50 bits per heavy atom. The van der Waals surface area contributed by atoms with E-state index in [9.17, 15) is 9.59 Å². The maximum absolute atomic E-state index is 13.3. The monoisotopic (exact) mass is 400 g/mol. The van der Waals surface area contributed by atoms with Crippen LogP contribution < -0.4 is 10.1 Å². The summed E-state index contributed by atoms with van der Waals surface area (Å²) in [5, 5.41) is 3.01. The first-order valence-corrected chi connectivity index (χ1v) is 9.98. The van der Waals surface area contributed by atoms with Crippen molar-refractivity contribution in [3.05, 3.63) is 101 Å². The molecule has 1 N–H and O–H groups in total. The molecule has 0 spiro atoms. The zero-order chi connectivity index (χ0) is 20.9. The van der Waals surface area contributed by atoms with Gasteiger partial charge in [0.05, 0.1) is 13.5 Å². The van der Waals surface area contributed by atoms with Gasteiger partial charge in [-0.3, -0.25) is 9.59 Å². The standard InChI is InChI=1S/C25H24N2O3/c1-30-22-14-8-6-12-20(22)16-26-25(29)24-21-13-7-5-11-19(21)15-23(28)27(24)17-18-9-3-2-4-10-18/h2-14,24H,15-17H2,1H3,(H,26,29)/t24-/m0/s1. The average molecular weight is 400 g/mol. The van der Waals surface area contributed by atoms with E-state index in [1.54, 1.807) is 12.0 Å². The van der Waals surface area contributed by atoms with Crippen molar-refractivity contribution in [3.63, 3.8) is 0 Å². The molecule has 0 aromatic heterocycles. The predicted molar refractivity (Wildman–Crippen MR) is 115 cm³/mol. The Labute approximate surface area is 176 Å². The van der Waals surface area contributed by atoms with Gasteiger partial charge in [-0.25, -0.2) is 0 Å². The molecule has 30 heavy (non-hydrogen) atoms. The van der Waals surface area contributed by atoms with Crippen molar-refractivity contribution in [3.8, 4) is 5.75 Å². The van der Waals surface area contributed by atoms with Crippen LogP contribution in [0.1, 0.15) is 28.3 Å². The van der Waals surface area contributed by atoms with Crippen molar-refractivity contribution in [2.75, 3.05) is 7.11 Å². The van der Waals surface area contributed by atoms with Crippen LogP contribution in [0.3, 0.4) is 0 Å². The van der Waals surface area contributed by atoms with Gasteiger partial charge in [-0.2, -0.15) is 0 Å². The molecule has 5 nitrogen and oxygen atoms in total. The molecule has 5 heteroatoms. The van der Waals surface area contributed by atoms with E-state index >= 15 is 0 Å². The number of benzene rings is 3. The number of nitrogens with zero attached hydrogens (tertiary/aromatic N) is 1. The molecule has 1 aliphatic heterocycles. The molecule has 0 saturated heterocycles. The smallest absolute Gasteiger partial charge is 0.247 e. The quantitative estimate of drug-likeness (QED) is 0.687. The lowest BCUT2D eigenvalue weighted by Crippen LogP contribution is -2.46. The number of hydrogen-bond donors (Lipinski definition) is 1. The topological polar surface area (TPSA) is 58.6 Å². The molecule has 0 saturated carbocycles. The third-order valence-corrected chi connectivity index (χ3v) is 5.41. The van der Waals surface area contributed by atoms with E-state index in [1.807, 2.05) is 78.9 Å². The van der Waals surface area contributed by atoms with Crippen molar-refractivity contribution in [1.82, 2.24) is 10.2 Å². The normalized spacial score (nSPS) is 15.4. The van der Waals surface area contributed by atoms with Gasteiger partial charge >= 0.3 is 0 Å².